The molecule has 15 rings (SSSR count). The van der Waals surface area contributed by atoms with Crippen LogP contribution in [0, 0.1) is 11.8 Å². The van der Waals surface area contributed by atoms with Gasteiger partial charge in [-0.3, -0.25) is 19.2 Å². The van der Waals surface area contributed by atoms with Gasteiger partial charge in [0.25, 0.3) is 0 Å². The Morgan fingerprint density at radius 3 is 1.04 bits per heavy atom. The summed E-state index contributed by atoms with van der Waals surface area (Å²) in [7, 11) is 0. The fraction of sp³-hybridized carbons (Fsp3) is 0.625. The molecule has 16 atom stereocenters. The molecule has 4 unspecified atom stereocenters. The topological polar surface area (TPSA) is 480 Å². The first-order valence-electron chi connectivity index (χ1n) is 40.0. The summed E-state index contributed by atoms with van der Waals surface area (Å²) < 4.78 is 215. The van der Waals surface area contributed by atoms with Gasteiger partial charge in [0.05, 0.1) is 59.1 Å². The molecule has 15 heterocycles. The first-order chi connectivity index (χ1) is 58.7. The summed E-state index contributed by atoms with van der Waals surface area (Å²) in [6.45, 7) is 13.5. The number of alkyl halides is 12. The zero-order valence-corrected chi connectivity index (χ0v) is 68.6. The Labute approximate surface area is 718 Å². The summed E-state index contributed by atoms with van der Waals surface area (Å²) >= 11 is 0. The molecule has 8 aromatic rings. The number of unbranched alkanes of at least 4 members (excludes halogenated alkanes) is 3. The van der Waals surface area contributed by atoms with Crippen molar-refractivity contribution in [1.29, 1.82) is 0 Å². The highest BCUT2D eigenvalue weighted by Gasteiger charge is 2.59. The van der Waals surface area contributed by atoms with Gasteiger partial charge in [-0.2, -0.15) is 52.7 Å². The molecule has 0 saturated carbocycles. The van der Waals surface area contributed by atoms with Crippen LogP contribution in [0.15, 0.2) is 50.1 Å². The second kappa shape index (κ2) is 39.3. The monoisotopic (exact) mass is 1820 g/mol. The third-order valence-electron chi connectivity index (χ3n) is 21.8. The smallest absolute Gasteiger partial charge is 0.394 e. The highest BCUT2D eigenvalue weighted by Crippen LogP contribution is 2.49. The van der Waals surface area contributed by atoms with Crippen molar-refractivity contribution in [2.75, 3.05) is 42.7 Å². The molecule has 7 saturated heterocycles. The summed E-state index contributed by atoms with van der Waals surface area (Å²) in [5.74, 6) is -3.79. The molecule has 7 aliphatic rings. The van der Waals surface area contributed by atoms with Gasteiger partial charge in [0.15, 0.2) is 42.3 Å². The van der Waals surface area contributed by atoms with E-state index in [1.54, 1.807) is 65.3 Å². The Morgan fingerprint density at radius 2 is 0.717 bits per heavy atom. The third-order valence-corrected chi connectivity index (χ3v) is 21.8. The Bertz CT molecular complexity index is 5120. The number of nitrogens with two attached hydrogens (primary N) is 4. The molecule has 47 heteroatoms. The van der Waals surface area contributed by atoms with E-state index in [2.05, 4.69) is 51.7 Å². The lowest BCUT2D eigenvalue weighted by Crippen LogP contribution is -2.36. The van der Waals surface area contributed by atoms with Crippen LogP contribution >= 0.6 is 0 Å². The molecule has 35 nitrogen and oxygen atoms in total. The van der Waals surface area contributed by atoms with Gasteiger partial charge in [0, 0.05) is 44.0 Å². The number of hydrogen-bond acceptors (Lipinski definition) is 30. The third kappa shape index (κ3) is 21.8. The molecule has 700 valence electrons. The number of anilines is 4. The molecule has 0 spiro atoms. The molecule has 1 amide bonds. The van der Waals surface area contributed by atoms with Crippen LogP contribution in [0.3, 0.4) is 0 Å². The standard InChI is InChI=1S/C21H27F3N4O4.C20H25F3N4O5.C19H20F3N5O5.C18H23F3N4O4.2CH4/c1-4-12-15-16(32-20(2,3)31-15)19(30-12)28-9-11(14-17(25)26-10-27-18(14)28)7-5-6-8-13(29)21(22,23)24;1-19(2)31-14-11(8-28)30-18(15(14)32-19)27-7-10(13-16(24)25-9-26-17(13)27)5-3-4-6-12(29)20(21,22)23;1-18(2)31-12-10(7-28)30-16(13(12)32-18)27-6-9(11-14(23)25-8-26-15(11)27)4-3-5-24-17(29)19(20,21)22;1-2-10-13(27)14(28)17(29-10)25-7-9(12-15(22)23-8-24-16(12)25)5-3-4-6-11(26)18(19,20)21;;/h9-10,12,15-16,19H,4-8H2,1-3H3,(H2,25,26,27);7,9,11,14-15,18,28H,3-6,8H2,1-2H3,(H2,24,25,26);6,8,10,12-13,16,28H,5,7H2,1-2H3,(H,24,29)(H2,23,25,26);7-8,10,13-14,17,27-28H,2-6H2,1H3,(H2,22,23,24);2*1H4/t12-,15?,16+,19-;11-,14?,15+,18-;10-,12?,13+,16-;10-,13?,14+,17-;;/m1111../s1. The number of halogens is 12. The van der Waals surface area contributed by atoms with Crippen LogP contribution in [0.2, 0.25) is 0 Å². The lowest BCUT2D eigenvalue weighted by Gasteiger charge is -2.24. The second-order valence-corrected chi connectivity index (χ2v) is 31.9. The van der Waals surface area contributed by atoms with E-state index in [1.165, 1.54) is 25.3 Å². The van der Waals surface area contributed by atoms with Crippen LogP contribution in [-0.2, 0) is 85.8 Å². The van der Waals surface area contributed by atoms with E-state index in [4.69, 9.17) is 70.3 Å². The first kappa shape index (κ1) is 99.5. The van der Waals surface area contributed by atoms with E-state index in [0.29, 0.717) is 100 Å². The molecule has 0 radical (unpaired) electrons. The van der Waals surface area contributed by atoms with Crippen molar-refractivity contribution in [1.82, 2.24) is 63.5 Å². The number of hydrogen-bond donors (Lipinski definition) is 9. The predicted molar refractivity (Wildman–Crippen MR) is 427 cm³/mol. The maximum atomic E-state index is 12.4. The average molecular weight is 1820 g/mol. The Balaban J connectivity index is 0.000000176. The maximum absolute atomic E-state index is 12.4. The maximum Gasteiger partial charge on any atom is 0.471 e. The number of ether oxygens (including phenoxy) is 10. The average Bonchev–Trinajstić information content (AvgIpc) is 1.59. The highest BCUT2D eigenvalue weighted by atomic mass is 19.4. The van der Waals surface area contributed by atoms with E-state index in [-0.39, 0.29) is 88.9 Å². The van der Waals surface area contributed by atoms with E-state index in [1.807, 2.05) is 38.5 Å². The van der Waals surface area contributed by atoms with Crippen molar-refractivity contribution in [3.63, 3.8) is 0 Å². The molecular weight excluding hydrogens is 1710 g/mol. The van der Waals surface area contributed by atoms with Gasteiger partial charge in [0.2, 0.25) is 17.3 Å². The number of fused-ring (bicyclic) bond motifs is 7. The van der Waals surface area contributed by atoms with Crippen molar-refractivity contribution in [2.45, 2.75) is 300 Å². The molecule has 7 aliphatic heterocycles. The first-order valence-corrected chi connectivity index (χ1v) is 40.0. The molecule has 7 fully saturated rings. The number of amides is 1. The Kier molecular flexibility index (Phi) is 30.8. The van der Waals surface area contributed by atoms with Crippen molar-refractivity contribution >= 4 is 90.7 Å². The molecule has 0 aliphatic carbocycles. The van der Waals surface area contributed by atoms with Crippen molar-refractivity contribution < 1.29 is 140 Å². The number of carbonyl (C=O) groups is 4. The van der Waals surface area contributed by atoms with Crippen LogP contribution in [0.1, 0.15) is 188 Å². The number of nitrogens with zero attached hydrogens (tertiary/aromatic N) is 12. The number of aryl methyl sites for hydroxylation is 3. The minimum absolute atomic E-state index is 0. The summed E-state index contributed by atoms with van der Waals surface area (Å²) in [4.78, 5) is 77.3. The SMILES string of the molecule is C.C.CC1(C)OC2[C@@H](CO)O[C@@H](n3cc(C#CCNC(=O)C(F)(F)F)c4c(N)ncnc43)[C@H]2O1.CC1(C)OC2[C@@H](CO)O[C@@H](n3cc(CCCCC(=O)C(F)(F)F)c4c(N)ncnc43)[C@H]2O1.CC[C@H]1O[C@@H](n2cc(CCCCC(=O)C(F)(F)F)c3c(N)ncnc32)[C@@H](O)C1O.CC[C@H]1O[C@@H](n2cc(CCCCC(=O)C(F)(F)F)c3c(N)ncnc32)[C@H]2OC(C)(C)OC12. The van der Waals surface area contributed by atoms with E-state index in [0.717, 1.165) is 17.5 Å². The second-order valence-electron chi connectivity index (χ2n) is 31.9. The number of aromatic nitrogens is 12. The lowest BCUT2D eigenvalue weighted by atomic mass is 10.1. The van der Waals surface area contributed by atoms with Gasteiger partial charge in [0.1, 0.15) is 132 Å². The number of aliphatic hydroxyl groups excluding tert-OH is 4. The summed E-state index contributed by atoms with van der Waals surface area (Å²) in [6.07, 6.45) is -15.0. The molecule has 127 heavy (non-hydrogen) atoms. The highest BCUT2D eigenvalue weighted by molar-refractivity contribution is 5.94. The zero-order valence-electron chi connectivity index (χ0n) is 68.6. The quantitative estimate of drug-likeness (QED) is 0.0154. The minimum Gasteiger partial charge on any atom is -0.394 e. The normalized spacial score (nSPS) is 26.1. The van der Waals surface area contributed by atoms with E-state index < -0.39 is 171 Å². The summed E-state index contributed by atoms with van der Waals surface area (Å²) in [6, 6.07) is 0. The number of nitrogen functional groups attached to an aromatic ring is 4. The van der Waals surface area contributed by atoms with Gasteiger partial charge in [-0.15, -0.1) is 0 Å². The van der Waals surface area contributed by atoms with E-state index >= 15 is 0 Å². The predicted octanol–water partition coefficient (Wildman–Crippen LogP) is 9.57. The number of ketones is 3. The van der Waals surface area contributed by atoms with Crippen LogP contribution < -0.4 is 28.3 Å². The molecule has 0 bridgehead atoms. The Hall–Kier alpha value is -9.68. The summed E-state index contributed by atoms with van der Waals surface area (Å²) in [5.41, 5.74) is 28.5. The van der Waals surface area contributed by atoms with Gasteiger partial charge < -0.3 is 114 Å². The fourth-order valence-electron chi connectivity index (χ4n) is 16.3. The Morgan fingerprint density at radius 1 is 0.417 bits per heavy atom. The summed E-state index contributed by atoms with van der Waals surface area (Å²) in [5, 5.41) is 43.7. The number of rotatable bonds is 24. The number of aliphatic hydroxyl groups is 4. The van der Waals surface area contributed by atoms with Crippen LogP contribution in [0.5, 0.6) is 0 Å². The van der Waals surface area contributed by atoms with Crippen molar-refractivity contribution in [2.24, 2.45) is 0 Å². The fourth-order valence-corrected chi connectivity index (χ4v) is 16.3. The van der Waals surface area contributed by atoms with Crippen LogP contribution in [0.4, 0.5) is 76.0 Å². The largest absolute Gasteiger partial charge is 0.471 e. The minimum atomic E-state index is -4.99. The number of carbonyl (C=O) groups excluding carboxylic acids is 4. The molecule has 13 N–H and O–H groups in total. The van der Waals surface area contributed by atoms with Crippen LogP contribution in [-0.4, -0.2) is 237 Å². The van der Waals surface area contributed by atoms with Crippen LogP contribution in [0.25, 0.3) is 44.1 Å². The molecule has 0 aromatic carbocycles. The van der Waals surface area contributed by atoms with Gasteiger partial charge in [-0.05, 0) is 129 Å². The lowest BCUT2D eigenvalue weighted by molar-refractivity contribution is -0.199. The molecule has 8 aromatic heterocycles. The van der Waals surface area contributed by atoms with Gasteiger partial charge >= 0.3 is 30.6 Å². The van der Waals surface area contributed by atoms with Gasteiger partial charge in [-0.25, -0.2) is 39.9 Å². The van der Waals surface area contributed by atoms with Crippen molar-refractivity contribution in [3.8, 4) is 11.8 Å². The van der Waals surface area contributed by atoms with E-state index in [9.17, 15) is 92.3 Å². The van der Waals surface area contributed by atoms with Crippen molar-refractivity contribution in [3.05, 3.63) is 72.4 Å². The zero-order chi connectivity index (χ0) is 91.1. The number of nitrogens with one attached hydrogen (secondary N) is 1. The molecular formula is C80H103F12N17O18. The van der Waals surface area contributed by atoms with Gasteiger partial charge in [-0.1, -0.05) is 40.5 Å². The number of Topliss-reactive ketones (excluding diaryl/α,β-unsaturated/α-hetero) is 3.